The van der Waals surface area contributed by atoms with Gasteiger partial charge in [-0.1, -0.05) is 18.7 Å². The molecule has 3 N–H and O–H groups in total. The number of halogens is 2. The molecule has 0 saturated carbocycles. The highest BCUT2D eigenvalue weighted by atomic mass is 32.2. The van der Waals surface area contributed by atoms with Gasteiger partial charge < -0.3 is 10.7 Å². The Morgan fingerprint density at radius 1 is 1.32 bits per heavy atom. The molecule has 0 spiro atoms. The highest BCUT2D eigenvalue weighted by molar-refractivity contribution is 7.99. The molecule has 1 heterocycles. The maximum Gasteiger partial charge on any atom is 0.251 e. The molecule has 0 aliphatic rings. The van der Waals surface area contributed by atoms with Crippen LogP contribution in [0, 0.1) is 11.6 Å². The lowest BCUT2D eigenvalue weighted by atomic mass is 10.3. The Morgan fingerprint density at radius 3 is 2.53 bits per heavy atom. The summed E-state index contributed by atoms with van der Waals surface area (Å²) < 4.78 is 27.3. The summed E-state index contributed by atoms with van der Waals surface area (Å²) in [6.45, 7) is 1.82. The fourth-order valence-electron chi connectivity index (χ4n) is 1.48. The summed E-state index contributed by atoms with van der Waals surface area (Å²) in [7, 11) is 0. The van der Waals surface area contributed by atoms with Gasteiger partial charge in [-0.3, -0.25) is 4.79 Å². The minimum absolute atomic E-state index is 0.00691. The third-order valence-electron chi connectivity index (χ3n) is 2.33. The molecule has 1 aromatic carbocycles. The van der Waals surface area contributed by atoms with Crippen LogP contribution in [0.3, 0.4) is 0 Å². The fourth-order valence-corrected chi connectivity index (χ4v) is 2.33. The molecule has 0 aliphatic carbocycles. The SMILES string of the molecule is CCc1nc(Sc2c(F)cc(N)cc2F)cc(=O)[nH]1. The predicted octanol–water partition coefficient (Wildman–Crippen LogP) is 2.34. The number of aromatic amines is 1. The van der Waals surface area contributed by atoms with E-state index in [1.807, 2.05) is 6.92 Å². The van der Waals surface area contributed by atoms with Gasteiger partial charge in [0.25, 0.3) is 5.56 Å². The highest BCUT2D eigenvalue weighted by Gasteiger charge is 2.13. The summed E-state index contributed by atoms with van der Waals surface area (Å²) in [5.41, 5.74) is 4.98. The quantitative estimate of drug-likeness (QED) is 0.670. The van der Waals surface area contributed by atoms with Gasteiger partial charge in [-0.15, -0.1) is 0 Å². The Balaban J connectivity index is 2.41. The van der Waals surface area contributed by atoms with E-state index >= 15 is 0 Å². The van der Waals surface area contributed by atoms with Crippen molar-refractivity contribution in [2.24, 2.45) is 0 Å². The summed E-state index contributed by atoms with van der Waals surface area (Å²) in [5.74, 6) is -1.09. The van der Waals surface area contributed by atoms with Crippen LogP contribution in [0.5, 0.6) is 0 Å². The van der Waals surface area contributed by atoms with Crippen LogP contribution in [0.2, 0.25) is 0 Å². The Hall–Kier alpha value is -1.89. The van der Waals surface area contributed by atoms with Crippen molar-refractivity contribution in [1.82, 2.24) is 9.97 Å². The van der Waals surface area contributed by atoms with Crippen LogP contribution in [0.25, 0.3) is 0 Å². The number of H-pyrrole nitrogens is 1. The van der Waals surface area contributed by atoms with Gasteiger partial charge in [-0.2, -0.15) is 0 Å². The van der Waals surface area contributed by atoms with Gasteiger partial charge in [-0.05, 0) is 12.1 Å². The Kier molecular flexibility index (Phi) is 3.84. The molecule has 2 rings (SSSR count). The van der Waals surface area contributed by atoms with E-state index < -0.39 is 11.6 Å². The first-order valence-electron chi connectivity index (χ1n) is 5.52. The van der Waals surface area contributed by atoms with Crippen molar-refractivity contribution >= 4 is 17.4 Å². The zero-order valence-corrected chi connectivity index (χ0v) is 10.9. The Labute approximate surface area is 112 Å². The van der Waals surface area contributed by atoms with E-state index in [-0.39, 0.29) is 21.2 Å². The molecule has 7 heteroatoms. The number of benzene rings is 1. The molecule has 0 amide bonds. The molecule has 0 aliphatic heterocycles. The summed E-state index contributed by atoms with van der Waals surface area (Å²) in [4.78, 5) is 17.8. The van der Waals surface area contributed by atoms with Crippen molar-refractivity contribution in [3.63, 3.8) is 0 Å². The van der Waals surface area contributed by atoms with E-state index in [0.29, 0.717) is 12.2 Å². The standard InChI is InChI=1S/C12H11F2N3OS/c1-2-9-16-10(18)5-11(17-9)19-12-7(13)3-6(15)4-8(12)14/h3-5H,2,15H2,1H3,(H,16,17,18). The number of hydrogen-bond donors (Lipinski definition) is 2. The number of nitrogens with zero attached hydrogens (tertiary/aromatic N) is 1. The largest absolute Gasteiger partial charge is 0.399 e. The maximum absolute atomic E-state index is 13.6. The van der Waals surface area contributed by atoms with E-state index in [4.69, 9.17) is 5.73 Å². The number of aryl methyl sites for hydroxylation is 1. The molecule has 0 bridgehead atoms. The van der Waals surface area contributed by atoms with Crippen molar-refractivity contribution < 1.29 is 8.78 Å². The molecule has 2 aromatic rings. The normalized spacial score (nSPS) is 10.7. The first-order valence-corrected chi connectivity index (χ1v) is 6.34. The molecule has 0 radical (unpaired) electrons. The molecule has 0 saturated heterocycles. The highest BCUT2D eigenvalue weighted by Crippen LogP contribution is 2.31. The number of aromatic nitrogens is 2. The molecule has 0 atom stereocenters. The molecule has 1 aromatic heterocycles. The van der Waals surface area contributed by atoms with E-state index in [9.17, 15) is 13.6 Å². The number of anilines is 1. The average molecular weight is 283 g/mol. The van der Waals surface area contributed by atoms with E-state index in [0.717, 1.165) is 23.9 Å². The zero-order chi connectivity index (χ0) is 14.0. The van der Waals surface area contributed by atoms with Gasteiger partial charge in [0, 0.05) is 18.2 Å². The van der Waals surface area contributed by atoms with Crippen LogP contribution in [0.4, 0.5) is 14.5 Å². The summed E-state index contributed by atoms with van der Waals surface area (Å²) >= 11 is 0.757. The van der Waals surface area contributed by atoms with Gasteiger partial charge >= 0.3 is 0 Å². The third kappa shape index (κ3) is 3.11. The van der Waals surface area contributed by atoms with Crippen molar-refractivity contribution in [1.29, 1.82) is 0 Å². The maximum atomic E-state index is 13.6. The Morgan fingerprint density at radius 2 is 1.95 bits per heavy atom. The van der Waals surface area contributed by atoms with Crippen molar-refractivity contribution in [3.8, 4) is 0 Å². The monoisotopic (exact) mass is 283 g/mol. The van der Waals surface area contributed by atoms with Crippen LogP contribution in [0.1, 0.15) is 12.7 Å². The van der Waals surface area contributed by atoms with Gasteiger partial charge in [-0.25, -0.2) is 13.8 Å². The number of rotatable bonds is 3. The topological polar surface area (TPSA) is 71.8 Å². The molecule has 0 unspecified atom stereocenters. The lowest BCUT2D eigenvalue weighted by Crippen LogP contribution is -2.10. The molecule has 4 nitrogen and oxygen atoms in total. The minimum atomic E-state index is -0.775. The first-order chi connectivity index (χ1) is 8.99. The fraction of sp³-hybridized carbons (Fsp3) is 0.167. The molecule has 0 fully saturated rings. The van der Waals surface area contributed by atoms with Gasteiger partial charge in [0.15, 0.2) is 0 Å². The minimum Gasteiger partial charge on any atom is -0.399 e. The van der Waals surface area contributed by atoms with Crippen molar-refractivity contribution in [2.75, 3.05) is 5.73 Å². The molecule has 100 valence electrons. The third-order valence-corrected chi connectivity index (χ3v) is 3.34. The van der Waals surface area contributed by atoms with Crippen LogP contribution in [0.15, 0.2) is 32.9 Å². The van der Waals surface area contributed by atoms with Crippen LogP contribution < -0.4 is 11.3 Å². The van der Waals surface area contributed by atoms with Gasteiger partial charge in [0.05, 0.1) is 4.90 Å². The van der Waals surface area contributed by atoms with Gasteiger partial charge in [0.1, 0.15) is 22.5 Å². The summed E-state index contributed by atoms with van der Waals surface area (Å²) in [6, 6.07) is 3.25. The second kappa shape index (κ2) is 5.40. The number of hydrogen-bond acceptors (Lipinski definition) is 4. The van der Waals surface area contributed by atoms with E-state index in [1.165, 1.54) is 6.07 Å². The second-order valence-electron chi connectivity index (χ2n) is 3.80. The number of nitrogens with two attached hydrogens (primary N) is 1. The molecular formula is C12H11F2N3OS. The zero-order valence-electron chi connectivity index (χ0n) is 10.0. The second-order valence-corrected chi connectivity index (χ2v) is 4.83. The molecular weight excluding hydrogens is 272 g/mol. The van der Waals surface area contributed by atoms with Crippen LogP contribution in [-0.2, 0) is 6.42 Å². The van der Waals surface area contributed by atoms with E-state index in [2.05, 4.69) is 9.97 Å². The van der Waals surface area contributed by atoms with Gasteiger partial charge in [0.2, 0.25) is 0 Å². The van der Waals surface area contributed by atoms with Crippen molar-refractivity contribution in [3.05, 3.63) is 46.0 Å². The van der Waals surface area contributed by atoms with Crippen LogP contribution in [-0.4, -0.2) is 9.97 Å². The summed E-state index contributed by atoms with van der Waals surface area (Å²) in [5, 5.41) is 0.239. The first kappa shape index (κ1) is 13.5. The number of nitrogens with one attached hydrogen (secondary N) is 1. The lowest BCUT2D eigenvalue weighted by Gasteiger charge is -2.06. The lowest BCUT2D eigenvalue weighted by molar-refractivity contribution is 0.541. The van der Waals surface area contributed by atoms with Crippen LogP contribution >= 0.6 is 11.8 Å². The number of nitrogen functional groups attached to an aromatic ring is 1. The van der Waals surface area contributed by atoms with E-state index in [1.54, 1.807) is 0 Å². The summed E-state index contributed by atoms with van der Waals surface area (Å²) in [6.07, 6.45) is 0.524. The molecule has 19 heavy (non-hydrogen) atoms. The van der Waals surface area contributed by atoms with Crippen molar-refractivity contribution in [2.45, 2.75) is 23.3 Å². The average Bonchev–Trinajstić information content (AvgIpc) is 2.33. The smallest absolute Gasteiger partial charge is 0.251 e. The predicted molar refractivity (Wildman–Crippen MR) is 69.1 cm³/mol. The Bertz CT molecular complexity index is 649.